The third-order valence-corrected chi connectivity index (χ3v) is 4.89. The normalized spacial score (nSPS) is 14.5. The molecule has 1 aliphatic rings. The molecule has 1 saturated heterocycles. The number of H-pyrrole nitrogens is 1. The van der Waals surface area contributed by atoms with E-state index >= 15 is 0 Å². The molecular weight excluding hydrogens is 421 g/mol. The molecule has 1 amide bonds. The highest BCUT2D eigenvalue weighted by atomic mass is 35.5. The molecule has 1 aliphatic heterocycles. The maximum Gasteiger partial charge on any atom is 0.416 e. The molecular formula is C20H20ClF3N4O2. The Morgan fingerprint density at radius 3 is 2.70 bits per heavy atom. The number of hydrogen-bond donors (Lipinski definition) is 2. The second kappa shape index (κ2) is 8.53. The Morgan fingerprint density at radius 2 is 2.00 bits per heavy atom. The monoisotopic (exact) mass is 440 g/mol. The van der Waals surface area contributed by atoms with Crippen LogP contribution in [0.3, 0.4) is 0 Å². The summed E-state index contributed by atoms with van der Waals surface area (Å²) in [5.74, 6) is 0.213. The summed E-state index contributed by atoms with van der Waals surface area (Å²) >= 11 is 0. The number of nitrogens with one attached hydrogen (secondary N) is 2. The van der Waals surface area contributed by atoms with Gasteiger partial charge >= 0.3 is 6.18 Å². The maximum absolute atomic E-state index is 13.0. The van der Waals surface area contributed by atoms with Gasteiger partial charge in [0.05, 0.1) is 29.9 Å². The zero-order valence-electron chi connectivity index (χ0n) is 16.0. The summed E-state index contributed by atoms with van der Waals surface area (Å²) in [6.07, 6.45) is -1.21. The number of carbonyl (C=O) groups is 1. The summed E-state index contributed by atoms with van der Waals surface area (Å²) in [5.41, 5.74) is 1.38. The van der Waals surface area contributed by atoms with E-state index in [1.54, 1.807) is 11.1 Å². The van der Waals surface area contributed by atoms with E-state index in [9.17, 15) is 18.0 Å². The first-order valence-corrected chi connectivity index (χ1v) is 9.12. The minimum atomic E-state index is -4.43. The second-order valence-electron chi connectivity index (χ2n) is 6.85. The van der Waals surface area contributed by atoms with Crippen LogP contribution in [0.1, 0.15) is 21.5 Å². The zero-order chi connectivity index (χ0) is 20.6. The van der Waals surface area contributed by atoms with Crippen molar-refractivity contribution < 1.29 is 22.7 Å². The Morgan fingerprint density at radius 1 is 1.27 bits per heavy atom. The first kappa shape index (κ1) is 21.9. The Bertz CT molecular complexity index is 1060. The SMILES string of the molecule is Cc1c[nH]c2c(Nc3cccc(C(F)(F)F)c3)ncc(C(=O)N3CCOCC3)c12.Cl. The summed E-state index contributed by atoms with van der Waals surface area (Å²) in [7, 11) is 0. The van der Waals surface area contributed by atoms with Crippen LogP contribution in [0.2, 0.25) is 0 Å². The third-order valence-electron chi connectivity index (χ3n) is 4.89. The van der Waals surface area contributed by atoms with Gasteiger partial charge in [0.2, 0.25) is 0 Å². The molecule has 10 heteroatoms. The molecule has 6 nitrogen and oxygen atoms in total. The van der Waals surface area contributed by atoms with Crippen molar-refractivity contribution in [2.75, 3.05) is 31.6 Å². The number of aromatic amines is 1. The predicted octanol–water partition coefficient (Wildman–Crippen LogP) is 4.53. The largest absolute Gasteiger partial charge is 0.416 e. The van der Waals surface area contributed by atoms with E-state index in [1.807, 2.05) is 6.92 Å². The maximum atomic E-state index is 13.0. The van der Waals surface area contributed by atoms with Crippen LogP contribution >= 0.6 is 12.4 Å². The average molecular weight is 441 g/mol. The van der Waals surface area contributed by atoms with Crippen LogP contribution in [0.15, 0.2) is 36.7 Å². The van der Waals surface area contributed by atoms with Crippen LogP contribution in [0.25, 0.3) is 10.9 Å². The Labute approximate surface area is 176 Å². The van der Waals surface area contributed by atoms with E-state index in [4.69, 9.17) is 4.74 Å². The lowest BCUT2D eigenvalue weighted by molar-refractivity contribution is -0.137. The van der Waals surface area contributed by atoms with Gasteiger partial charge in [-0.15, -0.1) is 12.4 Å². The minimum Gasteiger partial charge on any atom is -0.378 e. The van der Waals surface area contributed by atoms with Gasteiger partial charge in [0.1, 0.15) is 0 Å². The van der Waals surface area contributed by atoms with E-state index in [0.29, 0.717) is 48.6 Å². The van der Waals surface area contributed by atoms with Crippen LogP contribution in [-0.4, -0.2) is 47.1 Å². The first-order valence-electron chi connectivity index (χ1n) is 9.12. The average Bonchev–Trinajstić information content (AvgIpc) is 3.10. The Hall–Kier alpha value is -2.78. The number of rotatable bonds is 3. The molecule has 0 aliphatic carbocycles. The van der Waals surface area contributed by atoms with Crippen molar-refractivity contribution in [1.82, 2.24) is 14.9 Å². The number of alkyl halides is 3. The number of nitrogens with zero attached hydrogens (tertiary/aromatic N) is 2. The van der Waals surface area contributed by atoms with Gasteiger partial charge in [0, 0.05) is 36.6 Å². The molecule has 1 aromatic carbocycles. The number of carbonyl (C=O) groups excluding carboxylic acids is 1. The smallest absolute Gasteiger partial charge is 0.378 e. The van der Waals surface area contributed by atoms with E-state index in [1.165, 1.54) is 18.3 Å². The Balaban J connectivity index is 0.00000256. The number of aryl methyl sites for hydroxylation is 1. The molecule has 30 heavy (non-hydrogen) atoms. The number of pyridine rings is 1. The number of benzene rings is 1. The number of aromatic nitrogens is 2. The summed E-state index contributed by atoms with van der Waals surface area (Å²) in [5, 5.41) is 3.63. The minimum absolute atomic E-state index is 0. The molecule has 2 N–H and O–H groups in total. The fourth-order valence-electron chi connectivity index (χ4n) is 3.42. The zero-order valence-corrected chi connectivity index (χ0v) is 16.9. The summed E-state index contributed by atoms with van der Waals surface area (Å²) in [6, 6.07) is 4.90. The number of ether oxygens (including phenoxy) is 1. The van der Waals surface area contributed by atoms with E-state index in [2.05, 4.69) is 15.3 Å². The van der Waals surface area contributed by atoms with Gasteiger partial charge in [-0.25, -0.2) is 4.98 Å². The second-order valence-corrected chi connectivity index (χ2v) is 6.85. The van der Waals surface area contributed by atoms with E-state index < -0.39 is 11.7 Å². The van der Waals surface area contributed by atoms with Crippen molar-refractivity contribution in [3.05, 3.63) is 53.3 Å². The Kier molecular flexibility index (Phi) is 6.23. The fraction of sp³-hybridized carbons (Fsp3) is 0.300. The predicted molar refractivity (Wildman–Crippen MR) is 110 cm³/mol. The summed E-state index contributed by atoms with van der Waals surface area (Å²) in [4.78, 5) is 22.1. The molecule has 3 aromatic rings. The lowest BCUT2D eigenvalue weighted by atomic mass is 10.1. The van der Waals surface area contributed by atoms with Gasteiger partial charge in [-0.05, 0) is 30.7 Å². The quantitative estimate of drug-likeness (QED) is 0.628. The standard InChI is InChI=1S/C20H19F3N4O2.ClH/c1-12-10-24-17-16(12)15(19(28)27-5-7-29-8-6-27)11-25-18(17)26-14-4-2-3-13(9-14)20(21,22)23;/h2-4,9-11,24H,5-8H2,1H3,(H,25,26);1H. The van der Waals surface area contributed by atoms with Gasteiger partial charge in [-0.3, -0.25) is 4.79 Å². The number of morpholine rings is 1. The molecule has 0 atom stereocenters. The third kappa shape index (κ3) is 4.22. The number of hydrogen-bond acceptors (Lipinski definition) is 4. The van der Waals surface area contributed by atoms with Crippen LogP contribution in [-0.2, 0) is 10.9 Å². The van der Waals surface area contributed by atoms with Crippen molar-refractivity contribution in [3.8, 4) is 0 Å². The molecule has 1 fully saturated rings. The number of amides is 1. The van der Waals surface area contributed by atoms with E-state index in [0.717, 1.165) is 17.7 Å². The highest BCUT2D eigenvalue weighted by molar-refractivity contribution is 6.10. The van der Waals surface area contributed by atoms with Crippen molar-refractivity contribution in [1.29, 1.82) is 0 Å². The highest BCUT2D eigenvalue weighted by Crippen LogP contribution is 2.33. The van der Waals surface area contributed by atoms with Gasteiger partial charge < -0.3 is 19.9 Å². The molecule has 2 aromatic heterocycles. The lowest BCUT2D eigenvalue weighted by Crippen LogP contribution is -2.40. The van der Waals surface area contributed by atoms with Gasteiger partial charge in [-0.1, -0.05) is 6.07 Å². The first-order chi connectivity index (χ1) is 13.8. The van der Waals surface area contributed by atoms with Crippen LogP contribution < -0.4 is 5.32 Å². The van der Waals surface area contributed by atoms with Crippen molar-refractivity contribution in [3.63, 3.8) is 0 Å². The van der Waals surface area contributed by atoms with Gasteiger partial charge in [0.25, 0.3) is 5.91 Å². The molecule has 0 bridgehead atoms. The summed E-state index contributed by atoms with van der Waals surface area (Å²) < 4.78 is 44.2. The topological polar surface area (TPSA) is 70.2 Å². The molecule has 160 valence electrons. The highest BCUT2D eigenvalue weighted by Gasteiger charge is 2.30. The van der Waals surface area contributed by atoms with Crippen LogP contribution in [0, 0.1) is 6.92 Å². The van der Waals surface area contributed by atoms with Gasteiger partial charge in [-0.2, -0.15) is 13.2 Å². The molecule has 3 heterocycles. The number of anilines is 2. The molecule has 0 radical (unpaired) electrons. The number of fused-ring (bicyclic) bond motifs is 1. The van der Waals surface area contributed by atoms with Crippen LogP contribution in [0.5, 0.6) is 0 Å². The summed E-state index contributed by atoms with van der Waals surface area (Å²) in [6.45, 7) is 3.86. The number of halogens is 4. The molecule has 4 rings (SSSR count). The lowest BCUT2D eigenvalue weighted by Gasteiger charge is -2.27. The van der Waals surface area contributed by atoms with Crippen molar-refractivity contribution in [2.24, 2.45) is 0 Å². The van der Waals surface area contributed by atoms with Crippen LogP contribution in [0.4, 0.5) is 24.7 Å². The van der Waals surface area contributed by atoms with Crippen molar-refractivity contribution >= 4 is 40.7 Å². The van der Waals surface area contributed by atoms with E-state index in [-0.39, 0.29) is 24.0 Å². The molecule has 0 saturated carbocycles. The molecule has 0 spiro atoms. The fourth-order valence-corrected chi connectivity index (χ4v) is 3.42. The van der Waals surface area contributed by atoms with Crippen molar-refractivity contribution in [2.45, 2.75) is 13.1 Å². The molecule has 0 unspecified atom stereocenters. The van der Waals surface area contributed by atoms with Gasteiger partial charge in [0.15, 0.2) is 5.82 Å².